The summed E-state index contributed by atoms with van der Waals surface area (Å²) in [5.74, 6) is -8.05. The first-order chi connectivity index (χ1) is 22.2. The van der Waals surface area contributed by atoms with E-state index in [9.17, 15) is 54.0 Å². The molecule has 0 saturated heterocycles. The van der Waals surface area contributed by atoms with E-state index in [1.54, 1.807) is 30.3 Å². The Bertz CT molecular complexity index is 1390. The molecule has 0 fully saturated rings. The Balaban J connectivity index is 1.98. The lowest BCUT2D eigenvalue weighted by atomic mass is 10.0. The molecule has 19 nitrogen and oxygen atoms in total. The van der Waals surface area contributed by atoms with Crippen LogP contribution in [0.15, 0.2) is 42.9 Å². The van der Waals surface area contributed by atoms with Gasteiger partial charge in [-0.25, -0.2) is 9.78 Å². The van der Waals surface area contributed by atoms with Crippen molar-refractivity contribution in [2.45, 2.75) is 62.5 Å². The van der Waals surface area contributed by atoms with Crippen LogP contribution in [0.1, 0.15) is 24.6 Å². The molecule has 47 heavy (non-hydrogen) atoms. The van der Waals surface area contributed by atoms with Crippen LogP contribution in [-0.4, -0.2) is 121 Å². The molecular weight excluding hydrogens is 624 g/mol. The molecule has 19 heteroatoms. The number of hydrogen-bond donors (Lipinski definition) is 11. The molecule has 0 aliphatic carbocycles. The molecule has 0 saturated carbocycles. The van der Waals surface area contributed by atoms with Crippen molar-refractivity contribution in [3.05, 3.63) is 54.1 Å². The van der Waals surface area contributed by atoms with Crippen molar-refractivity contribution in [3.8, 4) is 0 Å². The zero-order valence-corrected chi connectivity index (χ0v) is 25.2. The van der Waals surface area contributed by atoms with Crippen LogP contribution < -0.4 is 32.3 Å². The van der Waals surface area contributed by atoms with Crippen LogP contribution in [0.3, 0.4) is 0 Å². The third-order valence-corrected chi connectivity index (χ3v) is 6.56. The number of imidazole rings is 1. The molecular formula is C28H38N8O11. The fraction of sp³-hybridized carbons (Fsp3) is 0.429. The number of carboxylic acid groups (broad SMARTS) is 2. The Morgan fingerprint density at radius 2 is 1.49 bits per heavy atom. The van der Waals surface area contributed by atoms with Gasteiger partial charge in [-0.15, -0.1) is 0 Å². The van der Waals surface area contributed by atoms with E-state index >= 15 is 0 Å². The van der Waals surface area contributed by atoms with Crippen LogP contribution in [0, 0.1) is 0 Å². The number of carbonyl (C=O) groups excluding carboxylic acids is 5. The molecule has 2 rings (SSSR count). The second-order valence-corrected chi connectivity index (χ2v) is 10.4. The van der Waals surface area contributed by atoms with Gasteiger partial charge in [0.15, 0.2) is 0 Å². The Labute approximate surface area is 267 Å². The minimum Gasteiger partial charge on any atom is -0.481 e. The average molecular weight is 663 g/mol. The standard InChI is InChI=1S/C28H38N8O11/c1-14(38)23(27(45)34-19(28(46)47)7-15-5-3-2-4-6-15)36-21(39)11-31-25(43)18(9-22(40)41)33-26(44)20(12-37)35-24(42)17(29)8-16-10-30-13-32-16/h2-6,10,13-14,17-20,23,37-38H,7-9,11-12,29H2,1H3,(H,30,32)(H,31,43)(H,33,44)(H,34,45)(H,35,42)(H,36,39)(H,40,41)(H,46,47)/t14?,17-,18-,19-,20-,23-/m0/s1. The molecule has 256 valence electrons. The van der Waals surface area contributed by atoms with Crippen molar-refractivity contribution in [2.24, 2.45) is 5.73 Å². The van der Waals surface area contributed by atoms with Crippen molar-refractivity contribution in [2.75, 3.05) is 13.2 Å². The molecule has 1 aromatic heterocycles. The fourth-order valence-corrected chi connectivity index (χ4v) is 4.09. The van der Waals surface area contributed by atoms with Crippen molar-refractivity contribution in [1.29, 1.82) is 0 Å². The van der Waals surface area contributed by atoms with Crippen LogP contribution in [0.25, 0.3) is 0 Å². The third kappa shape index (κ3) is 12.9. The first-order valence-corrected chi connectivity index (χ1v) is 14.2. The van der Waals surface area contributed by atoms with Crippen LogP contribution in [0.4, 0.5) is 0 Å². The largest absolute Gasteiger partial charge is 0.481 e. The molecule has 1 unspecified atom stereocenters. The van der Waals surface area contributed by atoms with Crippen molar-refractivity contribution < 1.29 is 54.0 Å². The van der Waals surface area contributed by atoms with Gasteiger partial charge in [-0.3, -0.25) is 28.8 Å². The van der Waals surface area contributed by atoms with Gasteiger partial charge in [-0.2, -0.15) is 0 Å². The number of aliphatic hydroxyl groups excluding tert-OH is 2. The summed E-state index contributed by atoms with van der Waals surface area (Å²) in [4.78, 5) is 92.9. The second-order valence-electron chi connectivity index (χ2n) is 10.4. The van der Waals surface area contributed by atoms with Crippen LogP contribution in [0.5, 0.6) is 0 Å². The van der Waals surface area contributed by atoms with Gasteiger partial charge in [0.25, 0.3) is 0 Å². The summed E-state index contributed by atoms with van der Waals surface area (Å²) in [6.07, 6.45) is 0.269. The number of carboxylic acids is 2. The Kier molecular flexibility index (Phi) is 14.9. The molecule has 0 bridgehead atoms. The zero-order valence-electron chi connectivity index (χ0n) is 25.2. The van der Waals surface area contributed by atoms with E-state index in [-0.39, 0.29) is 12.8 Å². The number of nitrogens with zero attached hydrogens (tertiary/aromatic N) is 1. The van der Waals surface area contributed by atoms with Gasteiger partial charge >= 0.3 is 11.9 Å². The minimum absolute atomic E-state index is 0.0170. The molecule has 2 aromatic rings. The van der Waals surface area contributed by atoms with Gasteiger partial charge in [0.05, 0.1) is 38.0 Å². The number of carbonyl (C=O) groups is 7. The average Bonchev–Trinajstić information content (AvgIpc) is 3.53. The summed E-state index contributed by atoms with van der Waals surface area (Å²) < 4.78 is 0. The topological polar surface area (TPSA) is 315 Å². The lowest BCUT2D eigenvalue weighted by Crippen LogP contribution is -2.59. The Morgan fingerprint density at radius 1 is 0.851 bits per heavy atom. The molecule has 0 aliphatic rings. The molecule has 1 heterocycles. The van der Waals surface area contributed by atoms with Gasteiger partial charge in [0, 0.05) is 24.7 Å². The maximum absolute atomic E-state index is 12.8. The molecule has 12 N–H and O–H groups in total. The van der Waals surface area contributed by atoms with E-state index < -0.39 is 97.4 Å². The van der Waals surface area contributed by atoms with Gasteiger partial charge in [0.2, 0.25) is 29.5 Å². The molecule has 6 atom stereocenters. The number of benzene rings is 1. The molecule has 1 aromatic carbocycles. The first-order valence-electron chi connectivity index (χ1n) is 14.2. The number of aromatic nitrogens is 2. The van der Waals surface area contributed by atoms with Gasteiger partial charge in [0.1, 0.15) is 24.2 Å². The summed E-state index contributed by atoms with van der Waals surface area (Å²) in [6, 6.07) is 0.799. The number of nitrogens with two attached hydrogens (primary N) is 1. The van der Waals surface area contributed by atoms with E-state index in [0.717, 1.165) is 6.92 Å². The first kappa shape index (κ1) is 37.8. The van der Waals surface area contributed by atoms with Crippen molar-refractivity contribution >= 4 is 41.5 Å². The monoisotopic (exact) mass is 662 g/mol. The quantitative estimate of drug-likeness (QED) is 0.0677. The van der Waals surface area contributed by atoms with E-state index in [1.807, 2.05) is 0 Å². The normalized spacial score (nSPS) is 14.6. The summed E-state index contributed by atoms with van der Waals surface area (Å²) in [7, 11) is 0. The summed E-state index contributed by atoms with van der Waals surface area (Å²) in [5.41, 5.74) is 6.94. The maximum Gasteiger partial charge on any atom is 0.326 e. The fourth-order valence-electron chi connectivity index (χ4n) is 4.09. The highest BCUT2D eigenvalue weighted by Gasteiger charge is 2.32. The van der Waals surface area contributed by atoms with Gasteiger partial charge in [-0.1, -0.05) is 30.3 Å². The lowest BCUT2D eigenvalue weighted by molar-refractivity contribution is -0.142. The van der Waals surface area contributed by atoms with E-state index in [1.165, 1.54) is 12.5 Å². The number of hydrogen-bond acceptors (Lipinski definition) is 11. The third-order valence-electron chi connectivity index (χ3n) is 6.56. The Morgan fingerprint density at radius 3 is 2.04 bits per heavy atom. The lowest BCUT2D eigenvalue weighted by Gasteiger charge is -2.24. The van der Waals surface area contributed by atoms with Crippen LogP contribution >= 0.6 is 0 Å². The van der Waals surface area contributed by atoms with Gasteiger partial charge in [-0.05, 0) is 12.5 Å². The van der Waals surface area contributed by atoms with E-state index in [0.29, 0.717) is 11.3 Å². The molecule has 0 radical (unpaired) electrons. The summed E-state index contributed by atoms with van der Waals surface area (Å²) in [6.45, 7) is -0.625. The summed E-state index contributed by atoms with van der Waals surface area (Å²) in [5, 5.41) is 49.3. The predicted molar refractivity (Wildman–Crippen MR) is 160 cm³/mol. The number of aliphatic carboxylic acids is 2. The van der Waals surface area contributed by atoms with Crippen LogP contribution in [0.2, 0.25) is 0 Å². The highest BCUT2D eigenvalue weighted by atomic mass is 16.4. The number of amides is 5. The number of nitrogens with one attached hydrogen (secondary N) is 6. The Hall–Kier alpha value is -5.40. The number of aromatic amines is 1. The highest BCUT2D eigenvalue weighted by Crippen LogP contribution is 2.05. The number of H-pyrrole nitrogens is 1. The van der Waals surface area contributed by atoms with E-state index in [2.05, 4.69) is 36.6 Å². The molecule has 5 amide bonds. The van der Waals surface area contributed by atoms with Gasteiger partial charge < -0.3 is 57.7 Å². The predicted octanol–water partition coefficient (Wildman–Crippen LogP) is -4.49. The summed E-state index contributed by atoms with van der Waals surface area (Å²) >= 11 is 0. The number of aliphatic hydroxyl groups is 2. The second kappa shape index (κ2) is 18.5. The van der Waals surface area contributed by atoms with Crippen LogP contribution in [-0.2, 0) is 46.4 Å². The molecule has 0 aliphatic heterocycles. The smallest absolute Gasteiger partial charge is 0.326 e. The highest BCUT2D eigenvalue weighted by molar-refractivity contribution is 5.96. The SMILES string of the molecule is CC(O)[C@H](NC(=O)CNC(=O)[C@H](CC(=O)O)NC(=O)[C@H](CO)NC(=O)[C@@H](N)Cc1cnc[nH]1)C(=O)N[C@@H](Cc1ccccc1)C(=O)O. The maximum atomic E-state index is 12.8. The zero-order chi connectivity index (χ0) is 35.1. The number of rotatable bonds is 19. The molecule has 0 spiro atoms. The van der Waals surface area contributed by atoms with Crippen molar-refractivity contribution in [3.63, 3.8) is 0 Å². The van der Waals surface area contributed by atoms with Crippen molar-refractivity contribution in [1.82, 2.24) is 36.6 Å². The minimum atomic E-state index is -1.78. The van der Waals surface area contributed by atoms with E-state index in [4.69, 9.17) is 5.73 Å².